The van der Waals surface area contributed by atoms with E-state index in [0.29, 0.717) is 10.8 Å². The Morgan fingerprint density at radius 1 is 1.19 bits per heavy atom. The number of nitrogens with one attached hydrogen (secondary N) is 1. The molecule has 1 amide bonds. The molecule has 0 saturated heterocycles. The number of benzene rings is 2. The molecule has 3 rings (SSSR count). The fourth-order valence-electron chi connectivity index (χ4n) is 3.55. The largest absolute Gasteiger partial charge is 0.495 e. The van der Waals surface area contributed by atoms with Gasteiger partial charge in [0.1, 0.15) is 17.4 Å². The standard InChI is InChI=1S/C25H24ClN3O2/c1-16-12-20(18(3)29(16)23-14-22(26)10-11-24(23)31-4)13-21(15-27)25(30)28-17(2)19-8-6-5-7-9-19/h5-14,17H,1-4H3,(H,28,30)/b21-13-/t17-/m1/s1. The molecule has 0 radical (unpaired) electrons. The Kier molecular flexibility index (Phi) is 6.84. The minimum atomic E-state index is -0.413. The molecule has 5 nitrogen and oxygen atoms in total. The molecule has 6 heteroatoms. The summed E-state index contributed by atoms with van der Waals surface area (Å²) in [4.78, 5) is 12.7. The molecule has 0 aliphatic carbocycles. The highest BCUT2D eigenvalue weighted by molar-refractivity contribution is 6.30. The van der Waals surface area contributed by atoms with E-state index in [1.54, 1.807) is 19.3 Å². The van der Waals surface area contributed by atoms with E-state index < -0.39 is 5.91 Å². The van der Waals surface area contributed by atoms with E-state index in [1.807, 2.05) is 79.9 Å². The van der Waals surface area contributed by atoms with Crippen LogP contribution in [0, 0.1) is 25.2 Å². The first-order valence-corrected chi connectivity index (χ1v) is 10.2. The van der Waals surface area contributed by atoms with Gasteiger partial charge < -0.3 is 14.6 Å². The van der Waals surface area contributed by atoms with Crippen LogP contribution in [0.1, 0.15) is 35.5 Å². The molecule has 31 heavy (non-hydrogen) atoms. The molecule has 1 aromatic heterocycles. The van der Waals surface area contributed by atoms with E-state index in [9.17, 15) is 10.1 Å². The van der Waals surface area contributed by atoms with Crippen molar-refractivity contribution in [2.45, 2.75) is 26.8 Å². The van der Waals surface area contributed by atoms with Gasteiger partial charge in [-0.3, -0.25) is 4.79 Å². The van der Waals surface area contributed by atoms with Crippen molar-refractivity contribution in [1.82, 2.24) is 9.88 Å². The van der Waals surface area contributed by atoms with Crippen molar-refractivity contribution in [3.8, 4) is 17.5 Å². The summed E-state index contributed by atoms with van der Waals surface area (Å²) < 4.78 is 7.48. The number of nitriles is 1. The van der Waals surface area contributed by atoms with Crippen LogP contribution in [-0.4, -0.2) is 17.6 Å². The first-order chi connectivity index (χ1) is 14.8. The van der Waals surface area contributed by atoms with Gasteiger partial charge in [-0.2, -0.15) is 5.26 Å². The molecule has 1 N–H and O–H groups in total. The number of carbonyl (C=O) groups excluding carboxylic acids is 1. The molecular formula is C25H24ClN3O2. The number of rotatable bonds is 6. The maximum absolute atomic E-state index is 12.7. The number of ether oxygens (including phenoxy) is 1. The Morgan fingerprint density at radius 2 is 1.90 bits per heavy atom. The minimum Gasteiger partial charge on any atom is -0.495 e. The van der Waals surface area contributed by atoms with E-state index in [-0.39, 0.29) is 11.6 Å². The minimum absolute atomic E-state index is 0.0427. The Labute approximate surface area is 187 Å². The zero-order valence-electron chi connectivity index (χ0n) is 17.9. The zero-order chi connectivity index (χ0) is 22.5. The quantitative estimate of drug-likeness (QED) is 0.410. The summed E-state index contributed by atoms with van der Waals surface area (Å²) in [7, 11) is 1.60. The summed E-state index contributed by atoms with van der Waals surface area (Å²) in [6.07, 6.45) is 1.61. The fraction of sp³-hybridized carbons (Fsp3) is 0.200. The molecule has 0 saturated carbocycles. The molecule has 158 valence electrons. The number of methoxy groups -OCH3 is 1. The molecular weight excluding hydrogens is 410 g/mol. The molecule has 0 aliphatic heterocycles. The third-order valence-corrected chi connectivity index (χ3v) is 5.40. The van der Waals surface area contributed by atoms with Crippen molar-refractivity contribution in [3.05, 3.63) is 87.7 Å². The first kappa shape index (κ1) is 22.2. The topological polar surface area (TPSA) is 67.0 Å². The molecule has 0 spiro atoms. The highest BCUT2D eigenvalue weighted by Crippen LogP contribution is 2.31. The maximum Gasteiger partial charge on any atom is 0.262 e. The summed E-state index contributed by atoms with van der Waals surface area (Å²) in [5.74, 6) is 0.264. The molecule has 2 aromatic carbocycles. The summed E-state index contributed by atoms with van der Waals surface area (Å²) in [5, 5.41) is 13.1. The monoisotopic (exact) mass is 433 g/mol. The van der Waals surface area contributed by atoms with Crippen molar-refractivity contribution in [1.29, 1.82) is 5.26 Å². The van der Waals surface area contributed by atoms with Crippen molar-refractivity contribution < 1.29 is 9.53 Å². The van der Waals surface area contributed by atoms with Gasteiger partial charge in [-0.15, -0.1) is 0 Å². The lowest BCUT2D eigenvalue weighted by atomic mass is 10.1. The van der Waals surface area contributed by atoms with Gasteiger partial charge >= 0.3 is 0 Å². The number of hydrogen-bond donors (Lipinski definition) is 1. The van der Waals surface area contributed by atoms with Gasteiger partial charge in [0.15, 0.2) is 0 Å². The average Bonchev–Trinajstić information content (AvgIpc) is 3.05. The number of halogens is 1. The van der Waals surface area contributed by atoms with Crippen LogP contribution in [0.4, 0.5) is 0 Å². The van der Waals surface area contributed by atoms with Crippen molar-refractivity contribution in [2.75, 3.05) is 7.11 Å². The lowest BCUT2D eigenvalue weighted by molar-refractivity contribution is -0.117. The van der Waals surface area contributed by atoms with Gasteiger partial charge in [0.2, 0.25) is 0 Å². The number of carbonyl (C=O) groups is 1. The van der Waals surface area contributed by atoms with Crippen molar-refractivity contribution >= 4 is 23.6 Å². The molecule has 3 aromatic rings. The van der Waals surface area contributed by atoms with Gasteiger partial charge in [0.25, 0.3) is 5.91 Å². The average molecular weight is 434 g/mol. The second-order valence-corrected chi connectivity index (χ2v) is 7.69. The molecule has 1 heterocycles. The smallest absolute Gasteiger partial charge is 0.262 e. The Bertz CT molecular complexity index is 1170. The molecule has 0 fully saturated rings. The van der Waals surface area contributed by atoms with E-state index in [4.69, 9.17) is 16.3 Å². The molecule has 1 atom stereocenters. The zero-order valence-corrected chi connectivity index (χ0v) is 18.7. The van der Waals surface area contributed by atoms with Crippen LogP contribution in [0.5, 0.6) is 5.75 Å². The second kappa shape index (κ2) is 9.55. The summed E-state index contributed by atoms with van der Waals surface area (Å²) in [6, 6.07) is 18.8. The van der Waals surface area contributed by atoms with Crippen LogP contribution >= 0.6 is 11.6 Å². The van der Waals surface area contributed by atoms with Crippen LogP contribution in [0.3, 0.4) is 0 Å². The number of aromatic nitrogens is 1. The van der Waals surface area contributed by atoms with E-state index >= 15 is 0 Å². The SMILES string of the molecule is COc1ccc(Cl)cc1-n1c(C)cc(/C=C(/C#N)C(=O)N[C@H](C)c2ccccc2)c1C. The number of amides is 1. The Morgan fingerprint density at radius 3 is 2.55 bits per heavy atom. The predicted molar refractivity (Wildman–Crippen MR) is 123 cm³/mol. The summed E-state index contributed by atoms with van der Waals surface area (Å²) in [6.45, 7) is 5.77. The molecule has 0 bridgehead atoms. The lowest BCUT2D eigenvalue weighted by Crippen LogP contribution is -2.27. The Balaban J connectivity index is 1.94. The predicted octanol–water partition coefficient (Wildman–Crippen LogP) is 5.54. The maximum atomic E-state index is 12.7. The number of aryl methyl sites for hydroxylation is 1. The third-order valence-electron chi connectivity index (χ3n) is 5.16. The van der Waals surface area contributed by atoms with Gasteiger partial charge in [0, 0.05) is 16.4 Å². The lowest BCUT2D eigenvalue weighted by Gasteiger charge is -2.15. The van der Waals surface area contributed by atoms with Crippen LogP contribution in [-0.2, 0) is 4.79 Å². The number of nitrogens with zero attached hydrogens (tertiary/aromatic N) is 2. The third kappa shape index (κ3) is 4.82. The van der Waals surface area contributed by atoms with Crippen molar-refractivity contribution in [3.63, 3.8) is 0 Å². The van der Waals surface area contributed by atoms with E-state index in [2.05, 4.69) is 5.32 Å². The highest BCUT2D eigenvalue weighted by Gasteiger charge is 2.17. The molecule has 0 unspecified atom stereocenters. The van der Waals surface area contributed by atoms with Crippen LogP contribution in [0.2, 0.25) is 5.02 Å². The van der Waals surface area contributed by atoms with Crippen molar-refractivity contribution in [2.24, 2.45) is 0 Å². The summed E-state index contributed by atoms with van der Waals surface area (Å²) >= 11 is 6.21. The fourth-order valence-corrected chi connectivity index (χ4v) is 3.71. The van der Waals surface area contributed by atoms with Crippen LogP contribution in [0.25, 0.3) is 11.8 Å². The summed E-state index contributed by atoms with van der Waals surface area (Å²) in [5.41, 5.74) is 4.39. The van der Waals surface area contributed by atoms with Gasteiger partial charge in [-0.25, -0.2) is 0 Å². The second-order valence-electron chi connectivity index (χ2n) is 7.25. The highest BCUT2D eigenvalue weighted by atomic mass is 35.5. The van der Waals surface area contributed by atoms with Crippen LogP contribution < -0.4 is 10.1 Å². The van der Waals surface area contributed by atoms with Gasteiger partial charge in [0.05, 0.1) is 18.8 Å². The number of hydrogen-bond acceptors (Lipinski definition) is 3. The van der Waals surface area contributed by atoms with E-state index in [0.717, 1.165) is 28.2 Å². The Hall–Kier alpha value is -3.49. The first-order valence-electron chi connectivity index (χ1n) is 9.86. The normalized spacial score (nSPS) is 12.2. The van der Waals surface area contributed by atoms with E-state index in [1.165, 1.54) is 0 Å². The van der Waals surface area contributed by atoms with Crippen LogP contribution in [0.15, 0.2) is 60.2 Å². The van der Waals surface area contributed by atoms with Gasteiger partial charge in [-0.05, 0) is 62.2 Å². The molecule has 0 aliphatic rings. The van der Waals surface area contributed by atoms with Gasteiger partial charge in [-0.1, -0.05) is 41.9 Å².